The fraction of sp³-hybridized carbons (Fsp3) is 0.364. The van der Waals surface area contributed by atoms with Gasteiger partial charge in [0, 0.05) is 11.4 Å². The minimum Gasteiger partial charge on any atom is -0.394 e. The van der Waals surface area contributed by atoms with E-state index in [1.165, 1.54) is 0 Å². The number of benzene rings is 1. The van der Waals surface area contributed by atoms with E-state index in [4.69, 9.17) is 22.4 Å². The molecule has 0 aliphatic heterocycles. The molecule has 0 aromatic heterocycles. The summed E-state index contributed by atoms with van der Waals surface area (Å²) >= 11 is 5.73. The van der Waals surface area contributed by atoms with Crippen molar-refractivity contribution in [2.45, 2.75) is 18.9 Å². The maximum Gasteiger partial charge on any atom is 0.152 e. The number of hydrogen-bond donors (Lipinski definition) is 2. The third-order valence-corrected chi connectivity index (χ3v) is 2.44. The summed E-state index contributed by atoms with van der Waals surface area (Å²) in [5.41, 5.74) is 6.42. The smallest absolute Gasteiger partial charge is 0.152 e. The summed E-state index contributed by atoms with van der Waals surface area (Å²) in [6.07, 6.45) is 0.979. The van der Waals surface area contributed by atoms with Crippen molar-refractivity contribution >= 4 is 17.4 Å². The lowest BCUT2D eigenvalue weighted by Crippen LogP contribution is -2.34. The molecule has 0 aliphatic rings. The molecule has 1 aromatic carbocycles. The van der Waals surface area contributed by atoms with E-state index in [0.29, 0.717) is 17.9 Å². The monoisotopic (exact) mass is 227 g/mol. The summed E-state index contributed by atoms with van der Waals surface area (Å²) in [5.74, 6) is -0.118. The second-order valence-electron chi connectivity index (χ2n) is 3.38. The van der Waals surface area contributed by atoms with Crippen LogP contribution in [0.3, 0.4) is 0 Å². The number of carbonyl (C=O) groups excluding carboxylic acids is 1. The molecule has 0 radical (unpaired) electrons. The van der Waals surface area contributed by atoms with Crippen LogP contribution >= 0.6 is 11.6 Å². The van der Waals surface area contributed by atoms with Crippen molar-refractivity contribution in [1.82, 2.24) is 0 Å². The Hall–Kier alpha value is -0.900. The molecule has 0 spiro atoms. The number of ketones is 1. The first kappa shape index (κ1) is 12.2. The third-order valence-electron chi connectivity index (χ3n) is 2.18. The molecule has 0 fully saturated rings. The highest BCUT2D eigenvalue weighted by Crippen LogP contribution is 2.11. The lowest BCUT2D eigenvalue weighted by Gasteiger charge is -2.06. The van der Waals surface area contributed by atoms with Crippen molar-refractivity contribution in [3.63, 3.8) is 0 Å². The molecule has 0 bridgehead atoms. The van der Waals surface area contributed by atoms with E-state index >= 15 is 0 Å². The van der Waals surface area contributed by atoms with Gasteiger partial charge >= 0.3 is 0 Å². The Morgan fingerprint density at radius 2 is 2.00 bits per heavy atom. The zero-order valence-electron chi connectivity index (χ0n) is 8.32. The number of aliphatic hydroxyl groups excluding tert-OH is 1. The van der Waals surface area contributed by atoms with Gasteiger partial charge in [-0.15, -0.1) is 0 Å². The fourth-order valence-electron chi connectivity index (χ4n) is 1.21. The number of Topliss-reactive ketones (excluding diaryl/α,β-unsaturated/α-hetero) is 1. The Morgan fingerprint density at radius 3 is 2.53 bits per heavy atom. The molecule has 0 saturated carbocycles. The highest BCUT2D eigenvalue weighted by molar-refractivity contribution is 6.30. The van der Waals surface area contributed by atoms with Gasteiger partial charge in [0.1, 0.15) is 0 Å². The van der Waals surface area contributed by atoms with Crippen LogP contribution in [0.15, 0.2) is 24.3 Å². The molecular formula is C11H14ClNO2. The molecule has 1 atom stereocenters. The van der Waals surface area contributed by atoms with Crippen molar-refractivity contribution < 1.29 is 9.90 Å². The quantitative estimate of drug-likeness (QED) is 0.794. The zero-order valence-corrected chi connectivity index (χ0v) is 9.07. The van der Waals surface area contributed by atoms with Gasteiger partial charge in [-0.05, 0) is 24.1 Å². The van der Waals surface area contributed by atoms with Crippen LogP contribution < -0.4 is 5.73 Å². The van der Waals surface area contributed by atoms with Gasteiger partial charge in [0.2, 0.25) is 0 Å². The van der Waals surface area contributed by atoms with E-state index in [9.17, 15) is 4.79 Å². The number of hydrogen-bond acceptors (Lipinski definition) is 3. The van der Waals surface area contributed by atoms with Gasteiger partial charge in [0.05, 0.1) is 12.6 Å². The average Bonchev–Trinajstić information content (AvgIpc) is 2.26. The third kappa shape index (κ3) is 4.00. The van der Waals surface area contributed by atoms with Gasteiger partial charge < -0.3 is 10.8 Å². The molecule has 15 heavy (non-hydrogen) atoms. The van der Waals surface area contributed by atoms with E-state index in [2.05, 4.69) is 0 Å². The molecule has 1 aromatic rings. The predicted molar refractivity (Wildman–Crippen MR) is 59.8 cm³/mol. The average molecular weight is 228 g/mol. The van der Waals surface area contributed by atoms with Gasteiger partial charge in [-0.3, -0.25) is 4.79 Å². The van der Waals surface area contributed by atoms with Crippen LogP contribution in [-0.2, 0) is 11.2 Å². The van der Waals surface area contributed by atoms with Crippen molar-refractivity contribution in [3.05, 3.63) is 34.9 Å². The van der Waals surface area contributed by atoms with Crippen molar-refractivity contribution in [3.8, 4) is 0 Å². The van der Waals surface area contributed by atoms with Crippen LogP contribution in [-0.4, -0.2) is 23.5 Å². The van der Waals surface area contributed by atoms with Crippen molar-refractivity contribution in [2.75, 3.05) is 6.61 Å². The molecule has 3 N–H and O–H groups in total. The van der Waals surface area contributed by atoms with Crippen LogP contribution in [0.25, 0.3) is 0 Å². The Labute approximate surface area is 93.9 Å². The summed E-state index contributed by atoms with van der Waals surface area (Å²) < 4.78 is 0. The first-order chi connectivity index (χ1) is 7.13. The number of nitrogens with two attached hydrogens (primary N) is 1. The van der Waals surface area contributed by atoms with Crippen LogP contribution in [0.4, 0.5) is 0 Å². The fourth-order valence-corrected chi connectivity index (χ4v) is 1.33. The molecule has 4 heteroatoms. The largest absolute Gasteiger partial charge is 0.394 e. The highest BCUT2D eigenvalue weighted by atomic mass is 35.5. The van der Waals surface area contributed by atoms with E-state index in [1.807, 2.05) is 12.1 Å². The minimum atomic E-state index is -0.752. The van der Waals surface area contributed by atoms with Gasteiger partial charge in [-0.1, -0.05) is 23.7 Å². The van der Waals surface area contributed by atoms with Gasteiger partial charge in [-0.25, -0.2) is 0 Å². The molecular weight excluding hydrogens is 214 g/mol. The van der Waals surface area contributed by atoms with E-state index in [1.54, 1.807) is 12.1 Å². The van der Waals surface area contributed by atoms with Gasteiger partial charge in [-0.2, -0.15) is 0 Å². The lowest BCUT2D eigenvalue weighted by atomic mass is 10.0. The Balaban J connectivity index is 2.43. The number of carbonyl (C=O) groups is 1. The Bertz CT molecular complexity index is 324. The van der Waals surface area contributed by atoms with Crippen LogP contribution in [0.2, 0.25) is 5.02 Å². The highest BCUT2D eigenvalue weighted by Gasteiger charge is 2.11. The molecule has 0 heterocycles. The summed E-state index contributed by atoms with van der Waals surface area (Å²) in [6, 6.07) is 6.57. The maximum absolute atomic E-state index is 11.3. The molecule has 1 unspecified atom stereocenters. The van der Waals surface area contributed by atoms with Crippen LogP contribution in [0.5, 0.6) is 0 Å². The maximum atomic E-state index is 11.3. The van der Waals surface area contributed by atoms with Crippen LogP contribution in [0, 0.1) is 0 Å². The molecule has 3 nitrogen and oxygen atoms in total. The van der Waals surface area contributed by atoms with Crippen molar-refractivity contribution in [2.24, 2.45) is 5.73 Å². The number of aliphatic hydroxyl groups is 1. The Morgan fingerprint density at radius 1 is 1.40 bits per heavy atom. The number of halogens is 1. The normalized spacial score (nSPS) is 12.5. The molecule has 0 saturated heterocycles. The second kappa shape index (κ2) is 5.85. The molecule has 0 amide bonds. The predicted octanol–water partition coefficient (Wildman–Crippen LogP) is 1.16. The second-order valence-corrected chi connectivity index (χ2v) is 3.82. The van der Waals surface area contributed by atoms with Gasteiger partial charge in [0.15, 0.2) is 5.78 Å². The first-order valence-corrected chi connectivity index (χ1v) is 5.15. The summed E-state index contributed by atoms with van der Waals surface area (Å²) in [7, 11) is 0. The Kier molecular flexibility index (Phi) is 4.75. The number of rotatable bonds is 5. The molecule has 1 rings (SSSR count). The lowest BCUT2D eigenvalue weighted by molar-refractivity contribution is -0.121. The van der Waals surface area contributed by atoms with E-state index in [0.717, 1.165) is 5.56 Å². The topological polar surface area (TPSA) is 63.3 Å². The summed E-state index contributed by atoms with van der Waals surface area (Å²) in [5, 5.41) is 9.35. The van der Waals surface area contributed by atoms with Crippen LogP contribution in [0.1, 0.15) is 12.0 Å². The SMILES string of the molecule is NC(CO)C(=O)CCc1ccc(Cl)cc1. The first-order valence-electron chi connectivity index (χ1n) is 4.77. The number of aryl methyl sites for hydroxylation is 1. The van der Waals surface area contributed by atoms with E-state index in [-0.39, 0.29) is 12.4 Å². The standard InChI is InChI=1S/C11H14ClNO2/c12-9-4-1-8(2-5-9)3-6-11(15)10(13)7-14/h1-2,4-5,10,14H,3,6-7,13H2. The minimum absolute atomic E-state index is 0.118. The van der Waals surface area contributed by atoms with Crippen molar-refractivity contribution in [1.29, 1.82) is 0 Å². The zero-order chi connectivity index (χ0) is 11.3. The molecule has 0 aliphatic carbocycles. The van der Waals surface area contributed by atoms with E-state index < -0.39 is 6.04 Å². The summed E-state index contributed by atoms with van der Waals surface area (Å²) in [4.78, 5) is 11.3. The molecule has 82 valence electrons. The summed E-state index contributed by atoms with van der Waals surface area (Å²) in [6.45, 7) is -0.292. The van der Waals surface area contributed by atoms with Gasteiger partial charge in [0.25, 0.3) is 0 Å².